The fourth-order valence-electron chi connectivity index (χ4n) is 3.84. The van der Waals surface area contributed by atoms with Gasteiger partial charge in [-0.2, -0.15) is 9.29 Å². The first-order chi connectivity index (χ1) is 14.4. The van der Waals surface area contributed by atoms with Crippen molar-refractivity contribution in [3.05, 3.63) is 41.3 Å². The van der Waals surface area contributed by atoms with Gasteiger partial charge in [0.1, 0.15) is 11.6 Å². The third-order valence-corrected chi connectivity index (χ3v) is 7.31. The van der Waals surface area contributed by atoms with Crippen molar-refractivity contribution in [1.29, 1.82) is 0 Å². The van der Waals surface area contributed by atoms with Crippen molar-refractivity contribution in [2.75, 3.05) is 63.3 Å². The van der Waals surface area contributed by atoms with Crippen molar-refractivity contribution in [2.45, 2.75) is 17.7 Å². The van der Waals surface area contributed by atoms with E-state index in [1.165, 1.54) is 22.5 Å². The van der Waals surface area contributed by atoms with E-state index in [0.717, 1.165) is 36.2 Å². The number of hydrogen-bond donors (Lipinski definition) is 0. The summed E-state index contributed by atoms with van der Waals surface area (Å²) in [5, 5.41) is 0. The maximum absolute atomic E-state index is 13.6. The first kappa shape index (κ1) is 21.0. The van der Waals surface area contributed by atoms with Gasteiger partial charge in [0, 0.05) is 52.3 Å². The van der Waals surface area contributed by atoms with Crippen LogP contribution < -0.4 is 9.80 Å². The molecule has 1 fully saturated rings. The van der Waals surface area contributed by atoms with Crippen LogP contribution in [0.4, 0.5) is 16.2 Å². The third-order valence-electron chi connectivity index (χ3n) is 5.42. The van der Waals surface area contributed by atoms with Crippen molar-refractivity contribution >= 4 is 21.8 Å². The predicted molar refractivity (Wildman–Crippen MR) is 112 cm³/mol. The molecule has 3 heterocycles. The number of rotatable bonds is 4. The summed E-state index contributed by atoms with van der Waals surface area (Å²) in [7, 11) is 0.0722. The maximum Gasteiger partial charge on any atom is 0.243 e. The molecule has 0 saturated carbocycles. The van der Waals surface area contributed by atoms with Crippen LogP contribution >= 0.6 is 0 Å². The van der Waals surface area contributed by atoms with Crippen LogP contribution in [0.5, 0.6) is 0 Å². The van der Waals surface area contributed by atoms with Gasteiger partial charge in [-0.3, -0.25) is 0 Å². The summed E-state index contributed by atoms with van der Waals surface area (Å²) in [5.74, 6) is 0.902. The van der Waals surface area contributed by atoms with Gasteiger partial charge in [0.2, 0.25) is 16.0 Å². The highest BCUT2D eigenvalue weighted by Gasteiger charge is 2.30. The largest absolute Gasteiger partial charge is 0.378 e. The fourth-order valence-corrected chi connectivity index (χ4v) is 5.31. The molecule has 2 aromatic rings. The van der Waals surface area contributed by atoms with E-state index in [2.05, 4.69) is 4.90 Å². The molecule has 4 rings (SSSR count). The number of sulfonamides is 1. The molecule has 0 spiro atoms. The van der Waals surface area contributed by atoms with E-state index >= 15 is 0 Å². The molecule has 1 aromatic carbocycles. The predicted octanol–water partition coefficient (Wildman–Crippen LogP) is 1.31. The molecule has 0 amide bonds. The average Bonchev–Trinajstić information content (AvgIpc) is 2.96. The van der Waals surface area contributed by atoms with Crippen molar-refractivity contribution in [2.24, 2.45) is 0 Å². The lowest BCUT2D eigenvalue weighted by Crippen LogP contribution is -2.38. The van der Waals surface area contributed by atoms with E-state index < -0.39 is 15.8 Å². The second-order valence-corrected chi connectivity index (χ2v) is 9.57. The number of nitrogens with zero attached hydrogens (tertiary/aromatic N) is 5. The molecule has 162 valence electrons. The summed E-state index contributed by atoms with van der Waals surface area (Å²) in [5.41, 5.74) is 1.83. The Morgan fingerprint density at radius 2 is 1.80 bits per heavy atom. The normalized spacial score (nSPS) is 18.0. The smallest absolute Gasteiger partial charge is 0.243 e. The van der Waals surface area contributed by atoms with Crippen LogP contribution in [0.15, 0.2) is 29.2 Å². The Morgan fingerprint density at radius 1 is 1.07 bits per heavy atom. The lowest BCUT2D eigenvalue weighted by molar-refractivity contribution is 0.122. The minimum absolute atomic E-state index is 0.0265. The van der Waals surface area contributed by atoms with Crippen LogP contribution in [-0.2, 0) is 27.6 Å². The molecule has 30 heavy (non-hydrogen) atoms. The zero-order chi connectivity index (χ0) is 21.3. The second-order valence-electron chi connectivity index (χ2n) is 7.63. The molecule has 1 aromatic heterocycles. The van der Waals surface area contributed by atoms with Gasteiger partial charge in [-0.15, -0.1) is 0 Å². The summed E-state index contributed by atoms with van der Waals surface area (Å²) >= 11 is 0. The first-order valence-corrected chi connectivity index (χ1v) is 11.5. The van der Waals surface area contributed by atoms with Crippen LogP contribution in [0, 0.1) is 5.82 Å². The Balaban J connectivity index is 1.64. The number of aromatic nitrogens is 2. The Labute approximate surface area is 176 Å². The highest BCUT2D eigenvalue weighted by molar-refractivity contribution is 7.89. The molecule has 0 bridgehead atoms. The van der Waals surface area contributed by atoms with Gasteiger partial charge in [0.25, 0.3) is 0 Å². The number of morpholine rings is 1. The van der Waals surface area contributed by atoms with Crippen molar-refractivity contribution in [1.82, 2.24) is 14.3 Å². The molecule has 8 nitrogen and oxygen atoms in total. The van der Waals surface area contributed by atoms with Crippen molar-refractivity contribution < 1.29 is 17.5 Å². The number of hydrogen-bond acceptors (Lipinski definition) is 7. The molecule has 0 N–H and O–H groups in total. The minimum atomic E-state index is -3.78. The van der Waals surface area contributed by atoms with Crippen molar-refractivity contribution in [3.8, 4) is 0 Å². The van der Waals surface area contributed by atoms with Gasteiger partial charge in [-0.1, -0.05) is 6.07 Å². The quantitative estimate of drug-likeness (QED) is 0.716. The highest BCUT2D eigenvalue weighted by Crippen LogP contribution is 2.28. The Kier molecular flexibility index (Phi) is 5.90. The standard InChI is InChI=1S/C20H26FN5O3S/c1-24(2)19-17-6-8-26(30(27,28)16-5-3-4-15(21)14-16)9-7-18(17)22-20(23-19)25-10-12-29-13-11-25/h3-5,14H,6-13H2,1-2H3. The SMILES string of the molecule is CN(C)c1nc(N2CCOCC2)nc2c1CCN(S(=O)(=O)c1cccc(F)c1)CC2. The minimum Gasteiger partial charge on any atom is -0.378 e. The number of ether oxygens (including phenoxy) is 1. The number of benzene rings is 1. The molecule has 10 heteroatoms. The van der Waals surface area contributed by atoms with Gasteiger partial charge in [0.15, 0.2) is 0 Å². The van der Waals surface area contributed by atoms with E-state index in [0.29, 0.717) is 38.5 Å². The molecule has 0 aliphatic carbocycles. The van der Waals surface area contributed by atoms with Crippen LogP contribution in [0.1, 0.15) is 11.3 Å². The molecule has 1 saturated heterocycles. The summed E-state index contributed by atoms with van der Waals surface area (Å²) in [6, 6.07) is 5.15. The monoisotopic (exact) mass is 435 g/mol. The van der Waals surface area contributed by atoms with Crippen LogP contribution in [0.3, 0.4) is 0 Å². The second kappa shape index (κ2) is 8.44. The van der Waals surface area contributed by atoms with Gasteiger partial charge < -0.3 is 14.5 Å². The molecule has 0 unspecified atom stereocenters. The number of anilines is 2. The molecule has 2 aliphatic heterocycles. The lowest BCUT2D eigenvalue weighted by atomic mass is 10.1. The van der Waals surface area contributed by atoms with Gasteiger partial charge in [0.05, 0.1) is 23.8 Å². The van der Waals surface area contributed by atoms with Gasteiger partial charge in [-0.25, -0.2) is 17.8 Å². The number of halogens is 1. The summed E-state index contributed by atoms with van der Waals surface area (Å²) in [6.07, 6.45) is 0.978. The van der Waals surface area contributed by atoms with E-state index in [-0.39, 0.29) is 11.4 Å². The summed E-state index contributed by atoms with van der Waals surface area (Å²) in [6.45, 7) is 3.32. The first-order valence-electron chi connectivity index (χ1n) is 10.0. The Bertz CT molecular complexity index is 1030. The Hall–Kier alpha value is -2.30. The van der Waals surface area contributed by atoms with E-state index in [4.69, 9.17) is 14.7 Å². The zero-order valence-electron chi connectivity index (χ0n) is 17.2. The molecule has 0 atom stereocenters. The fraction of sp³-hybridized carbons (Fsp3) is 0.500. The van der Waals surface area contributed by atoms with Gasteiger partial charge in [-0.05, 0) is 24.6 Å². The average molecular weight is 436 g/mol. The lowest BCUT2D eigenvalue weighted by Gasteiger charge is -2.28. The summed E-state index contributed by atoms with van der Waals surface area (Å²) < 4.78 is 46.6. The summed E-state index contributed by atoms with van der Waals surface area (Å²) in [4.78, 5) is 13.6. The van der Waals surface area contributed by atoms with E-state index in [9.17, 15) is 12.8 Å². The third kappa shape index (κ3) is 4.12. The zero-order valence-corrected chi connectivity index (χ0v) is 18.0. The molecular weight excluding hydrogens is 409 g/mol. The topological polar surface area (TPSA) is 78.9 Å². The van der Waals surface area contributed by atoms with Crippen molar-refractivity contribution in [3.63, 3.8) is 0 Å². The highest BCUT2D eigenvalue weighted by atomic mass is 32.2. The molecule has 0 radical (unpaired) electrons. The van der Waals surface area contributed by atoms with E-state index in [1.807, 2.05) is 19.0 Å². The van der Waals surface area contributed by atoms with Gasteiger partial charge >= 0.3 is 0 Å². The van der Waals surface area contributed by atoms with Crippen LogP contribution in [0.25, 0.3) is 0 Å². The number of fused-ring (bicyclic) bond motifs is 1. The van der Waals surface area contributed by atoms with Crippen LogP contribution in [-0.4, -0.2) is 76.2 Å². The van der Waals surface area contributed by atoms with E-state index in [1.54, 1.807) is 0 Å². The Morgan fingerprint density at radius 3 is 2.50 bits per heavy atom. The maximum atomic E-state index is 13.6. The molecule has 2 aliphatic rings. The van der Waals surface area contributed by atoms with Crippen LogP contribution in [0.2, 0.25) is 0 Å². The molecular formula is C20H26FN5O3S.